The first kappa shape index (κ1) is 13.8. The number of amides is 1. The molecule has 21 heavy (non-hydrogen) atoms. The number of anilines is 1. The molecule has 0 spiro atoms. The van der Waals surface area contributed by atoms with Crippen LogP contribution in [0.3, 0.4) is 0 Å². The van der Waals surface area contributed by atoms with Crippen LogP contribution in [-0.2, 0) is 11.3 Å². The molecular formula is C16H14ClNO3. The zero-order valence-electron chi connectivity index (χ0n) is 11.4. The van der Waals surface area contributed by atoms with Crippen molar-refractivity contribution in [2.24, 2.45) is 0 Å². The van der Waals surface area contributed by atoms with Crippen LogP contribution in [0.5, 0.6) is 11.5 Å². The number of benzene rings is 2. The van der Waals surface area contributed by atoms with E-state index < -0.39 is 6.10 Å². The molecule has 0 fully saturated rings. The summed E-state index contributed by atoms with van der Waals surface area (Å²) in [4.78, 5) is 14.0. The maximum Gasteiger partial charge on any atom is 0.268 e. The highest BCUT2D eigenvalue weighted by Gasteiger charge is 2.31. The van der Waals surface area contributed by atoms with Crippen LogP contribution in [0.2, 0.25) is 5.02 Å². The Morgan fingerprint density at radius 2 is 2.05 bits per heavy atom. The van der Waals surface area contributed by atoms with Crippen molar-refractivity contribution in [1.29, 1.82) is 0 Å². The van der Waals surface area contributed by atoms with E-state index in [2.05, 4.69) is 0 Å². The van der Waals surface area contributed by atoms with Gasteiger partial charge >= 0.3 is 0 Å². The topological polar surface area (TPSA) is 49.8 Å². The smallest absolute Gasteiger partial charge is 0.268 e. The van der Waals surface area contributed by atoms with Crippen molar-refractivity contribution in [3.63, 3.8) is 0 Å². The van der Waals surface area contributed by atoms with Crippen LogP contribution in [0.4, 0.5) is 5.69 Å². The van der Waals surface area contributed by atoms with Crippen LogP contribution in [-0.4, -0.2) is 17.1 Å². The second kappa shape index (κ2) is 5.30. The van der Waals surface area contributed by atoms with E-state index in [1.807, 2.05) is 18.2 Å². The number of hydrogen-bond acceptors (Lipinski definition) is 3. The molecule has 0 aliphatic carbocycles. The molecule has 1 aliphatic rings. The Kier molecular flexibility index (Phi) is 3.47. The summed E-state index contributed by atoms with van der Waals surface area (Å²) >= 11 is 6.17. The number of phenolic OH excluding ortho intramolecular Hbond substituents is 1. The molecule has 4 nitrogen and oxygen atoms in total. The van der Waals surface area contributed by atoms with Gasteiger partial charge in [0, 0.05) is 11.1 Å². The number of fused-ring (bicyclic) bond motifs is 1. The van der Waals surface area contributed by atoms with E-state index in [0.29, 0.717) is 23.0 Å². The molecular weight excluding hydrogens is 290 g/mol. The van der Waals surface area contributed by atoms with Gasteiger partial charge in [0.1, 0.15) is 11.5 Å². The van der Waals surface area contributed by atoms with E-state index >= 15 is 0 Å². The van der Waals surface area contributed by atoms with Crippen molar-refractivity contribution in [1.82, 2.24) is 0 Å². The number of rotatable bonds is 2. The molecule has 0 aromatic heterocycles. The average molecular weight is 304 g/mol. The summed E-state index contributed by atoms with van der Waals surface area (Å²) in [5.74, 6) is 0.468. The number of carbonyl (C=O) groups excluding carboxylic acids is 1. The van der Waals surface area contributed by atoms with Crippen LogP contribution >= 0.6 is 11.6 Å². The quantitative estimate of drug-likeness (QED) is 0.925. The monoisotopic (exact) mass is 303 g/mol. The summed E-state index contributed by atoms with van der Waals surface area (Å²) in [6.07, 6.45) is -0.596. The number of phenols is 1. The Bertz CT molecular complexity index is 702. The number of nitrogens with zero attached hydrogens (tertiary/aromatic N) is 1. The summed E-state index contributed by atoms with van der Waals surface area (Å²) < 4.78 is 5.54. The zero-order chi connectivity index (χ0) is 15.0. The third-order valence-corrected chi connectivity index (χ3v) is 3.81. The first-order chi connectivity index (χ1) is 10.1. The minimum absolute atomic E-state index is 0.105. The predicted molar refractivity (Wildman–Crippen MR) is 80.8 cm³/mol. The number of halogens is 1. The van der Waals surface area contributed by atoms with Crippen LogP contribution in [0.25, 0.3) is 0 Å². The lowest BCUT2D eigenvalue weighted by atomic mass is 10.1. The molecule has 0 saturated carbocycles. The lowest BCUT2D eigenvalue weighted by Gasteiger charge is -2.33. The second-order valence-corrected chi connectivity index (χ2v) is 5.34. The van der Waals surface area contributed by atoms with Gasteiger partial charge < -0.3 is 14.7 Å². The molecule has 3 rings (SSSR count). The third-order valence-electron chi connectivity index (χ3n) is 3.44. The number of carbonyl (C=O) groups is 1. The summed E-state index contributed by atoms with van der Waals surface area (Å²) in [5.41, 5.74) is 1.50. The van der Waals surface area contributed by atoms with E-state index in [9.17, 15) is 9.90 Å². The third kappa shape index (κ3) is 2.54. The van der Waals surface area contributed by atoms with Crippen molar-refractivity contribution in [2.75, 3.05) is 4.90 Å². The second-order valence-electron chi connectivity index (χ2n) is 4.93. The van der Waals surface area contributed by atoms with Crippen LogP contribution in [0.1, 0.15) is 12.5 Å². The lowest BCUT2D eigenvalue weighted by molar-refractivity contribution is -0.125. The molecule has 0 saturated heterocycles. The molecule has 1 atom stereocenters. The van der Waals surface area contributed by atoms with Gasteiger partial charge in [-0.05, 0) is 30.7 Å². The Morgan fingerprint density at radius 1 is 1.29 bits per heavy atom. The van der Waals surface area contributed by atoms with Gasteiger partial charge in [0.15, 0.2) is 6.10 Å². The fraction of sp³-hybridized carbons (Fsp3) is 0.188. The number of ether oxygens (including phenoxy) is 1. The van der Waals surface area contributed by atoms with Gasteiger partial charge in [0.25, 0.3) is 5.91 Å². The number of aromatic hydroxyl groups is 1. The van der Waals surface area contributed by atoms with Gasteiger partial charge in [0.05, 0.1) is 12.2 Å². The maximum absolute atomic E-state index is 12.4. The standard InChI is InChI=1S/C16H14ClNO3/c1-10-16(20)18(9-11-4-2-3-5-13(11)17)14-7-6-12(19)8-15(14)21-10/h2-8,10,19H,9H2,1H3. The van der Waals surface area contributed by atoms with E-state index in [0.717, 1.165) is 5.56 Å². The number of hydrogen-bond donors (Lipinski definition) is 1. The fourth-order valence-electron chi connectivity index (χ4n) is 2.36. The Hall–Kier alpha value is -2.20. The van der Waals surface area contributed by atoms with E-state index in [4.69, 9.17) is 16.3 Å². The van der Waals surface area contributed by atoms with E-state index in [-0.39, 0.29) is 11.7 Å². The molecule has 5 heteroatoms. The van der Waals surface area contributed by atoms with Gasteiger partial charge in [-0.2, -0.15) is 0 Å². The highest BCUT2D eigenvalue weighted by molar-refractivity contribution is 6.31. The van der Waals surface area contributed by atoms with Crippen LogP contribution in [0, 0.1) is 0 Å². The molecule has 1 N–H and O–H groups in total. The fourth-order valence-corrected chi connectivity index (χ4v) is 2.55. The molecule has 2 aromatic carbocycles. The van der Waals surface area contributed by atoms with Gasteiger partial charge in [-0.15, -0.1) is 0 Å². The first-order valence-corrected chi connectivity index (χ1v) is 6.98. The van der Waals surface area contributed by atoms with Gasteiger partial charge in [-0.3, -0.25) is 4.79 Å². The average Bonchev–Trinajstić information content (AvgIpc) is 2.45. The minimum atomic E-state index is -0.596. The van der Waals surface area contributed by atoms with Crippen molar-refractivity contribution >= 4 is 23.2 Å². The molecule has 1 heterocycles. The molecule has 1 amide bonds. The Labute approximate surface area is 127 Å². The van der Waals surface area contributed by atoms with Gasteiger partial charge in [-0.1, -0.05) is 29.8 Å². The van der Waals surface area contributed by atoms with Gasteiger partial charge in [-0.25, -0.2) is 0 Å². The molecule has 0 bridgehead atoms. The van der Waals surface area contributed by atoms with Crippen molar-refractivity contribution in [3.8, 4) is 11.5 Å². The van der Waals surface area contributed by atoms with Crippen molar-refractivity contribution in [3.05, 3.63) is 53.1 Å². The maximum atomic E-state index is 12.4. The summed E-state index contributed by atoms with van der Waals surface area (Å²) in [6.45, 7) is 2.05. The highest BCUT2D eigenvalue weighted by atomic mass is 35.5. The highest BCUT2D eigenvalue weighted by Crippen LogP contribution is 2.37. The predicted octanol–water partition coefficient (Wildman–Crippen LogP) is 3.36. The first-order valence-electron chi connectivity index (χ1n) is 6.60. The minimum Gasteiger partial charge on any atom is -0.508 e. The lowest BCUT2D eigenvalue weighted by Crippen LogP contribution is -2.44. The van der Waals surface area contributed by atoms with Crippen molar-refractivity contribution < 1.29 is 14.6 Å². The molecule has 2 aromatic rings. The SMILES string of the molecule is CC1Oc2cc(O)ccc2N(Cc2ccccc2Cl)C1=O. The summed E-state index contributed by atoms with van der Waals surface area (Å²) in [5, 5.41) is 10.2. The Morgan fingerprint density at radius 3 is 2.81 bits per heavy atom. The van der Waals surface area contributed by atoms with Crippen LogP contribution < -0.4 is 9.64 Å². The molecule has 108 valence electrons. The largest absolute Gasteiger partial charge is 0.508 e. The van der Waals surface area contributed by atoms with E-state index in [1.54, 1.807) is 24.0 Å². The molecule has 1 unspecified atom stereocenters. The molecule has 1 aliphatic heterocycles. The summed E-state index contributed by atoms with van der Waals surface area (Å²) in [6, 6.07) is 12.1. The Balaban J connectivity index is 2.01. The van der Waals surface area contributed by atoms with E-state index in [1.165, 1.54) is 12.1 Å². The summed E-state index contributed by atoms with van der Waals surface area (Å²) in [7, 11) is 0. The van der Waals surface area contributed by atoms with Gasteiger partial charge in [0.2, 0.25) is 0 Å². The van der Waals surface area contributed by atoms with Crippen LogP contribution in [0.15, 0.2) is 42.5 Å². The normalized spacial score (nSPS) is 17.3. The zero-order valence-corrected chi connectivity index (χ0v) is 12.2. The van der Waals surface area contributed by atoms with Crippen molar-refractivity contribution in [2.45, 2.75) is 19.6 Å². The molecule has 0 radical (unpaired) electrons.